The third kappa shape index (κ3) is 4.48. The lowest BCUT2D eigenvalue weighted by molar-refractivity contribution is 0.0912. The summed E-state index contributed by atoms with van der Waals surface area (Å²) in [6.45, 7) is 2.07. The minimum Gasteiger partial charge on any atom is -0.383 e. The van der Waals surface area contributed by atoms with E-state index in [-0.39, 0.29) is 17.3 Å². The standard InChI is InChI=1S/C30H27N5OS/c1-2-19-11-13-20(14-12-19)28-23(17-31)29(33)34-30(24(28)18-32)37-16-15-27(36)35-25-9-5-3-7-21(25)22-8-4-6-10-26(22)35/h3,5,7,9,11-14H,2,4,6,8,10,15-16H2,1H3,(H2,33,34). The van der Waals surface area contributed by atoms with E-state index in [0.717, 1.165) is 54.4 Å². The maximum Gasteiger partial charge on any atom is 0.232 e. The number of benzene rings is 2. The van der Waals surface area contributed by atoms with Crippen molar-refractivity contribution in [1.82, 2.24) is 9.55 Å². The minimum absolute atomic E-state index is 0.0438. The van der Waals surface area contributed by atoms with E-state index in [9.17, 15) is 15.3 Å². The molecular formula is C30H27N5OS. The maximum atomic E-state index is 13.4. The summed E-state index contributed by atoms with van der Waals surface area (Å²) in [6.07, 6.45) is 5.35. The molecule has 1 aliphatic rings. The Morgan fingerprint density at radius 2 is 1.78 bits per heavy atom. The SMILES string of the molecule is CCc1ccc(-c2c(C#N)c(N)nc(SCCC(=O)n3c4c(c5ccccc53)CCCC4)c2C#N)cc1. The molecule has 37 heavy (non-hydrogen) atoms. The highest BCUT2D eigenvalue weighted by Crippen LogP contribution is 2.37. The van der Waals surface area contributed by atoms with E-state index in [0.29, 0.717) is 28.3 Å². The van der Waals surface area contributed by atoms with Crippen molar-refractivity contribution in [1.29, 1.82) is 10.5 Å². The Balaban J connectivity index is 1.44. The van der Waals surface area contributed by atoms with Crippen LogP contribution in [0.2, 0.25) is 0 Å². The van der Waals surface area contributed by atoms with Gasteiger partial charge in [0.05, 0.1) is 11.1 Å². The molecule has 2 N–H and O–H groups in total. The van der Waals surface area contributed by atoms with Gasteiger partial charge in [0.2, 0.25) is 5.91 Å². The average molecular weight is 506 g/mol. The smallest absolute Gasteiger partial charge is 0.232 e. The molecule has 184 valence electrons. The Kier molecular flexibility index (Phi) is 6.99. The second-order valence-corrected chi connectivity index (χ2v) is 10.3. The molecule has 0 saturated carbocycles. The highest BCUT2D eigenvalue weighted by Gasteiger charge is 2.24. The molecule has 0 aliphatic heterocycles. The Morgan fingerprint density at radius 3 is 2.51 bits per heavy atom. The highest BCUT2D eigenvalue weighted by atomic mass is 32.2. The van der Waals surface area contributed by atoms with Crippen molar-refractivity contribution in [3.8, 4) is 23.3 Å². The van der Waals surface area contributed by atoms with Crippen LogP contribution in [0, 0.1) is 22.7 Å². The fourth-order valence-corrected chi connectivity index (χ4v) is 6.15. The van der Waals surface area contributed by atoms with Gasteiger partial charge in [-0.15, -0.1) is 11.8 Å². The predicted molar refractivity (Wildman–Crippen MR) is 147 cm³/mol. The Hall–Kier alpha value is -4.07. The Bertz CT molecular complexity index is 1590. The summed E-state index contributed by atoms with van der Waals surface area (Å²) in [5, 5.41) is 21.5. The number of carbonyl (C=O) groups excluding carboxylic acids is 1. The first-order valence-corrected chi connectivity index (χ1v) is 13.6. The van der Waals surface area contributed by atoms with Crippen LogP contribution < -0.4 is 5.73 Å². The number of aromatic nitrogens is 2. The van der Waals surface area contributed by atoms with E-state index in [1.807, 2.05) is 47.0 Å². The summed E-state index contributed by atoms with van der Waals surface area (Å²) >= 11 is 1.33. The lowest BCUT2D eigenvalue weighted by Crippen LogP contribution is -2.16. The number of carbonyl (C=O) groups is 1. The van der Waals surface area contributed by atoms with E-state index in [1.54, 1.807) is 0 Å². The number of nitrogens with zero attached hydrogens (tertiary/aromatic N) is 4. The third-order valence-corrected chi connectivity index (χ3v) is 8.03. The van der Waals surface area contributed by atoms with Crippen LogP contribution in [-0.2, 0) is 19.3 Å². The summed E-state index contributed by atoms with van der Waals surface area (Å²) in [7, 11) is 0. The first-order valence-electron chi connectivity index (χ1n) is 12.6. The summed E-state index contributed by atoms with van der Waals surface area (Å²) in [4.78, 5) is 17.8. The normalized spacial score (nSPS) is 12.6. The topological polar surface area (TPSA) is 108 Å². The number of aryl methyl sites for hydroxylation is 2. The van der Waals surface area contributed by atoms with Gasteiger partial charge in [0, 0.05) is 28.8 Å². The van der Waals surface area contributed by atoms with Crippen molar-refractivity contribution < 1.29 is 4.79 Å². The van der Waals surface area contributed by atoms with E-state index in [4.69, 9.17) is 5.73 Å². The van der Waals surface area contributed by atoms with Crippen molar-refractivity contribution in [2.75, 3.05) is 11.5 Å². The van der Waals surface area contributed by atoms with Gasteiger partial charge in [-0.05, 0) is 54.9 Å². The van der Waals surface area contributed by atoms with Crippen LogP contribution in [0.3, 0.4) is 0 Å². The minimum atomic E-state index is 0.0438. The van der Waals surface area contributed by atoms with Gasteiger partial charge in [0.15, 0.2) is 0 Å². The van der Waals surface area contributed by atoms with Crippen molar-refractivity contribution in [3.63, 3.8) is 0 Å². The van der Waals surface area contributed by atoms with E-state index < -0.39 is 0 Å². The van der Waals surface area contributed by atoms with Gasteiger partial charge < -0.3 is 5.73 Å². The van der Waals surface area contributed by atoms with Crippen molar-refractivity contribution >= 4 is 34.4 Å². The molecule has 0 spiro atoms. The van der Waals surface area contributed by atoms with Gasteiger partial charge in [-0.3, -0.25) is 9.36 Å². The molecule has 0 saturated heterocycles. The quantitative estimate of drug-likeness (QED) is 0.308. The van der Waals surface area contributed by atoms with E-state index in [1.165, 1.54) is 22.7 Å². The molecule has 0 unspecified atom stereocenters. The molecule has 0 radical (unpaired) electrons. The molecule has 0 amide bonds. The van der Waals surface area contributed by atoms with Crippen LogP contribution in [0.15, 0.2) is 53.6 Å². The fraction of sp³-hybridized carbons (Fsp3) is 0.267. The summed E-state index contributed by atoms with van der Waals surface area (Å²) < 4.78 is 1.90. The number of hydrogen-bond acceptors (Lipinski definition) is 6. The zero-order valence-electron chi connectivity index (χ0n) is 20.8. The zero-order chi connectivity index (χ0) is 25.9. The van der Waals surface area contributed by atoms with Gasteiger partial charge in [-0.2, -0.15) is 10.5 Å². The molecule has 4 aromatic rings. The van der Waals surface area contributed by atoms with Crippen LogP contribution >= 0.6 is 11.8 Å². The van der Waals surface area contributed by atoms with Gasteiger partial charge in [0.1, 0.15) is 28.5 Å². The fourth-order valence-electron chi connectivity index (χ4n) is 5.23. The number of nitrogens with two attached hydrogens (primary N) is 1. The average Bonchev–Trinajstić information content (AvgIpc) is 3.27. The molecule has 7 heteroatoms. The van der Waals surface area contributed by atoms with E-state index >= 15 is 0 Å². The van der Waals surface area contributed by atoms with Crippen molar-refractivity contribution in [3.05, 3.63) is 76.5 Å². The highest BCUT2D eigenvalue weighted by molar-refractivity contribution is 7.99. The van der Waals surface area contributed by atoms with Crippen molar-refractivity contribution in [2.45, 2.75) is 50.5 Å². The number of nitrogen functional groups attached to an aromatic ring is 1. The predicted octanol–water partition coefficient (Wildman–Crippen LogP) is 6.29. The number of hydrogen-bond donors (Lipinski definition) is 1. The third-order valence-electron chi connectivity index (χ3n) is 7.05. The monoisotopic (exact) mass is 505 g/mol. The molecule has 2 aromatic heterocycles. The summed E-state index contributed by atoms with van der Waals surface area (Å²) in [6, 6.07) is 20.3. The number of pyridine rings is 1. The lowest BCUT2D eigenvalue weighted by Gasteiger charge is -2.15. The van der Waals surface area contributed by atoms with Gasteiger partial charge in [0.25, 0.3) is 0 Å². The molecule has 0 bridgehead atoms. The molecule has 2 heterocycles. The molecular weight excluding hydrogens is 478 g/mol. The van der Waals surface area contributed by atoms with Gasteiger partial charge in [-0.25, -0.2) is 4.98 Å². The first kappa shape index (κ1) is 24.6. The number of thioether (sulfide) groups is 1. The first-order chi connectivity index (χ1) is 18.1. The lowest BCUT2D eigenvalue weighted by atomic mass is 9.95. The number of rotatable bonds is 6. The van der Waals surface area contributed by atoms with Crippen LogP contribution in [0.4, 0.5) is 5.82 Å². The second kappa shape index (κ2) is 10.5. The Morgan fingerprint density at radius 1 is 1.05 bits per heavy atom. The molecule has 2 aromatic carbocycles. The molecule has 5 rings (SSSR count). The molecule has 0 fully saturated rings. The van der Waals surface area contributed by atoms with Crippen LogP contribution in [0.1, 0.15) is 58.9 Å². The molecule has 6 nitrogen and oxygen atoms in total. The summed E-state index contributed by atoms with van der Waals surface area (Å²) in [5.41, 5.74) is 12.5. The number of nitriles is 2. The van der Waals surface area contributed by atoms with Crippen LogP contribution in [0.25, 0.3) is 22.0 Å². The Labute approximate surface area is 220 Å². The van der Waals surface area contributed by atoms with Crippen LogP contribution in [0.5, 0.6) is 0 Å². The molecule has 0 atom stereocenters. The zero-order valence-corrected chi connectivity index (χ0v) is 21.6. The van der Waals surface area contributed by atoms with Gasteiger partial charge >= 0.3 is 0 Å². The number of fused-ring (bicyclic) bond motifs is 3. The maximum absolute atomic E-state index is 13.4. The van der Waals surface area contributed by atoms with Crippen LogP contribution in [-0.4, -0.2) is 21.2 Å². The number of anilines is 1. The summed E-state index contributed by atoms with van der Waals surface area (Å²) in [5.74, 6) is 0.583. The molecule has 1 aliphatic carbocycles. The largest absolute Gasteiger partial charge is 0.383 e. The van der Waals surface area contributed by atoms with E-state index in [2.05, 4.69) is 30.1 Å². The second-order valence-electron chi connectivity index (χ2n) is 9.18. The number of para-hydroxylation sites is 1. The van der Waals surface area contributed by atoms with Gasteiger partial charge in [-0.1, -0.05) is 49.4 Å². The van der Waals surface area contributed by atoms with Crippen molar-refractivity contribution in [2.24, 2.45) is 0 Å².